The van der Waals surface area contributed by atoms with Crippen LogP contribution in [0.1, 0.15) is 34.7 Å². The molecule has 4 heterocycles. The second-order valence-corrected chi connectivity index (χ2v) is 6.22. The predicted molar refractivity (Wildman–Crippen MR) is 84.4 cm³/mol. The quantitative estimate of drug-likeness (QED) is 0.669. The Morgan fingerprint density at radius 2 is 2.14 bits per heavy atom. The summed E-state index contributed by atoms with van der Waals surface area (Å²) in [7, 11) is 0. The minimum Gasteiger partial charge on any atom is -0.374 e. The van der Waals surface area contributed by atoms with Gasteiger partial charge in [-0.2, -0.15) is 0 Å². The van der Waals surface area contributed by atoms with Crippen molar-refractivity contribution in [2.24, 2.45) is 0 Å². The number of aromatic nitrogens is 2. The lowest BCUT2D eigenvalue weighted by Gasteiger charge is -2.43. The molecule has 3 aromatic rings. The average molecular weight is 291 g/mol. The number of nitrogens with zero attached hydrogens (tertiary/aromatic N) is 2. The van der Waals surface area contributed by atoms with E-state index >= 15 is 0 Å². The molecule has 0 amide bonds. The molecule has 22 heavy (non-hydrogen) atoms. The van der Waals surface area contributed by atoms with Crippen molar-refractivity contribution >= 4 is 10.9 Å². The van der Waals surface area contributed by atoms with Crippen LogP contribution in [-0.2, 0) is 12.8 Å². The van der Waals surface area contributed by atoms with Gasteiger partial charge < -0.3 is 10.1 Å². The number of aliphatic hydroxyl groups excluding tert-OH is 1. The zero-order valence-electron chi connectivity index (χ0n) is 12.2. The number of hydrogen-bond acceptors (Lipinski definition) is 3. The highest BCUT2D eigenvalue weighted by Gasteiger charge is 2.38. The third kappa shape index (κ3) is 1.56. The first-order valence-electron chi connectivity index (χ1n) is 7.79. The lowest BCUT2D eigenvalue weighted by Crippen LogP contribution is -2.42. The molecule has 5 rings (SSSR count). The minimum absolute atomic E-state index is 0.223. The number of H-pyrrole nitrogens is 1. The van der Waals surface area contributed by atoms with E-state index in [0.717, 1.165) is 24.9 Å². The third-order valence-corrected chi connectivity index (χ3v) is 5.15. The Labute approximate surface area is 128 Å². The number of para-hydroxylation sites is 1. The van der Waals surface area contributed by atoms with Gasteiger partial charge in [-0.05, 0) is 36.1 Å². The lowest BCUT2D eigenvalue weighted by atomic mass is 9.87. The van der Waals surface area contributed by atoms with E-state index in [1.165, 1.54) is 27.7 Å². The second-order valence-electron chi connectivity index (χ2n) is 6.22. The Kier molecular flexibility index (Phi) is 2.48. The van der Waals surface area contributed by atoms with Crippen LogP contribution in [0.4, 0.5) is 0 Å². The van der Waals surface area contributed by atoms with E-state index in [0.29, 0.717) is 0 Å². The van der Waals surface area contributed by atoms with Crippen LogP contribution in [0.25, 0.3) is 10.9 Å². The van der Waals surface area contributed by atoms with E-state index in [-0.39, 0.29) is 6.04 Å². The van der Waals surface area contributed by atoms with Crippen molar-refractivity contribution in [1.82, 2.24) is 14.9 Å². The second kappa shape index (κ2) is 4.41. The Morgan fingerprint density at radius 1 is 1.23 bits per heavy atom. The van der Waals surface area contributed by atoms with Gasteiger partial charge in [-0.3, -0.25) is 9.88 Å². The normalized spacial score (nSPS) is 23.9. The van der Waals surface area contributed by atoms with E-state index in [1.807, 2.05) is 12.3 Å². The molecular formula is C18H17N3O. The van der Waals surface area contributed by atoms with E-state index in [2.05, 4.69) is 39.1 Å². The summed E-state index contributed by atoms with van der Waals surface area (Å²) < 4.78 is 0. The van der Waals surface area contributed by atoms with Crippen LogP contribution >= 0.6 is 0 Å². The number of hydrogen-bond donors (Lipinski definition) is 2. The van der Waals surface area contributed by atoms with Gasteiger partial charge in [-0.25, -0.2) is 0 Å². The van der Waals surface area contributed by atoms with Crippen LogP contribution in [0.2, 0.25) is 0 Å². The van der Waals surface area contributed by atoms with Gasteiger partial charge in [0.25, 0.3) is 0 Å². The first-order chi connectivity index (χ1) is 10.8. The number of fused-ring (bicyclic) bond motifs is 6. The van der Waals surface area contributed by atoms with Crippen LogP contribution in [-0.4, -0.2) is 26.5 Å². The molecule has 1 aromatic carbocycles. The Morgan fingerprint density at radius 3 is 3.09 bits per heavy atom. The Balaban J connectivity index is 1.69. The highest BCUT2D eigenvalue weighted by molar-refractivity contribution is 5.85. The van der Waals surface area contributed by atoms with Gasteiger partial charge >= 0.3 is 0 Å². The molecule has 0 fully saturated rings. The maximum atomic E-state index is 10.7. The van der Waals surface area contributed by atoms with Crippen molar-refractivity contribution in [3.63, 3.8) is 0 Å². The van der Waals surface area contributed by atoms with Crippen LogP contribution in [0.3, 0.4) is 0 Å². The van der Waals surface area contributed by atoms with Gasteiger partial charge in [0, 0.05) is 41.1 Å². The first-order valence-corrected chi connectivity index (χ1v) is 7.79. The number of nitrogens with one attached hydrogen (secondary N) is 1. The molecule has 0 unspecified atom stereocenters. The number of aliphatic hydroxyl groups is 1. The van der Waals surface area contributed by atoms with Crippen LogP contribution in [0.5, 0.6) is 0 Å². The molecule has 4 nitrogen and oxygen atoms in total. The third-order valence-electron chi connectivity index (χ3n) is 5.15. The number of rotatable bonds is 0. The van der Waals surface area contributed by atoms with Crippen molar-refractivity contribution in [1.29, 1.82) is 0 Å². The SMILES string of the molecule is O[C@@H]1c2cnccc2C[C@H]2c3[nH]c4ccccc4c3CCN12. The maximum absolute atomic E-state index is 10.7. The largest absolute Gasteiger partial charge is 0.374 e. The molecular weight excluding hydrogens is 274 g/mol. The summed E-state index contributed by atoms with van der Waals surface area (Å²) in [6, 6.07) is 10.7. The Bertz CT molecular complexity index is 870. The van der Waals surface area contributed by atoms with Crippen molar-refractivity contribution in [2.45, 2.75) is 25.1 Å². The summed E-state index contributed by atoms with van der Waals surface area (Å²) >= 11 is 0. The molecule has 2 aromatic heterocycles. The van der Waals surface area contributed by atoms with Crippen molar-refractivity contribution in [3.8, 4) is 0 Å². The van der Waals surface area contributed by atoms with E-state index in [4.69, 9.17) is 0 Å². The van der Waals surface area contributed by atoms with Gasteiger partial charge in [0.05, 0.1) is 6.04 Å². The molecule has 0 saturated carbocycles. The monoisotopic (exact) mass is 291 g/mol. The average Bonchev–Trinajstić information content (AvgIpc) is 2.94. The minimum atomic E-state index is -0.554. The predicted octanol–water partition coefficient (Wildman–Crippen LogP) is 2.71. The molecule has 2 aliphatic heterocycles. The van der Waals surface area contributed by atoms with Crippen molar-refractivity contribution < 1.29 is 5.11 Å². The fourth-order valence-corrected chi connectivity index (χ4v) is 4.09. The highest BCUT2D eigenvalue weighted by atomic mass is 16.3. The molecule has 0 bridgehead atoms. The van der Waals surface area contributed by atoms with Gasteiger partial charge in [-0.15, -0.1) is 0 Å². The molecule has 0 radical (unpaired) electrons. The summed E-state index contributed by atoms with van der Waals surface area (Å²) in [5.74, 6) is 0. The van der Waals surface area contributed by atoms with E-state index in [9.17, 15) is 5.11 Å². The topological polar surface area (TPSA) is 52.2 Å². The summed E-state index contributed by atoms with van der Waals surface area (Å²) in [6.07, 6.45) is 4.96. The summed E-state index contributed by atoms with van der Waals surface area (Å²) in [5, 5.41) is 12.1. The fraction of sp³-hybridized carbons (Fsp3) is 0.278. The zero-order chi connectivity index (χ0) is 14.7. The van der Waals surface area contributed by atoms with E-state index < -0.39 is 6.23 Å². The standard InChI is InChI=1S/C18H17N3O/c22-18-14-10-19-7-5-11(14)9-16-17-13(6-8-21(16)18)12-3-1-2-4-15(12)20-17/h1-5,7,10,16,18,20,22H,6,8-9H2/t16-,18+/m0/s1. The van der Waals surface area contributed by atoms with Crippen molar-refractivity contribution in [2.75, 3.05) is 6.54 Å². The number of pyridine rings is 1. The lowest BCUT2D eigenvalue weighted by molar-refractivity contribution is -0.0443. The molecule has 2 N–H and O–H groups in total. The van der Waals surface area contributed by atoms with Gasteiger partial charge in [-0.1, -0.05) is 18.2 Å². The van der Waals surface area contributed by atoms with Gasteiger partial charge in [0.1, 0.15) is 6.23 Å². The number of aromatic amines is 1. The molecule has 110 valence electrons. The van der Waals surface area contributed by atoms with E-state index in [1.54, 1.807) is 6.20 Å². The van der Waals surface area contributed by atoms with Crippen molar-refractivity contribution in [3.05, 3.63) is 65.1 Å². The van der Waals surface area contributed by atoms with Crippen LogP contribution in [0.15, 0.2) is 42.7 Å². The summed E-state index contributed by atoms with van der Waals surface area (Å²) in [4.78, 5) is 9.96. The molecule has 0 spiro atoms. The summed E-state index contributed by atoms with van der Waals surface area (Å²) in [6.45, 7) is 0.884. The van der Waals surface area contributed by atoms with Gasteiger partial charge in [0.15, 0.2) is 0 Å². The first kappa shape index (κ1) is 12.4. The molecule has 2 aliphatic rings. The Hall–Kier alpha value is -2.17. The molecule has 0 saturated heterocycles. The summed E-state index contributed by atoms with van der Waals surface area (Å²) in [5.41, 5.74) is 6.05. The molecule has 0 aliphatic carbocycles. The van der Waals surface area contributed by atoms with Crippen LogP contribution < -0.4 is 0 Å². The zero-order valence-corrected chi connectivity index (χ0v) is 12.2. The smallest absolute Gasteiger partial charge is 0.135 e. The molecule has 4 heteroatoms. The fourth-order valence-electron chi connectivity index (χ4n) is 4.09. The van der Waals surface area contributed by atoms with Crippen LogP contribution in [0, 0.1) is 0 Å². The highest BCUT2D eigenvalue weighted by Crippen LogP contribution is 2.43. The molecule has 2 atom stereocenters. The van der Waals surface area contributed by atoms with Gasteiger partial charge in [0.2, 0.25) is 0 Å². The maximum Gasteiger partial charge on any atom is 0.135 e. The number of benzene rings is 1.